The van der Waals surface area contributed by atoms with Gasteiger partial charge < -0.3 is 4.43 Å². The Labute approximate surface area is 155 Å². The highest BCUT2D eigenvalue weighted by atomic mass is 28.4. The number of carbonyl (C=O) groups is 1. The molecule has 3 heteroatoms. The van der Waals surface area contributed by atoms with E-state index in [4.69, 9.17) is 4.43 Å². The zero-order valence-corrected chi connectivity index (χ0v) is 17.4. The van der Waals surface area contributed by atoms with Gasteiger partial charge in [0.2, 0.25) is 0 Å². The lowest BCUT2D eigenvalue weighted by molar-refractivity contribution is -0.134. The largest absolute Gasteiger partial charge is 0.519 e. The third kappa shape index (κ3) is 9.06. The Morgan fingerprint density at radius 1 is 0.920 bits per heavy atom. The second kappa shape index (κ2) is 12.9. The molecule has 1 aromatic rings. The van der Waals surface area contributed by atoms with Crippen LogP contribution in [0, 0.1) is 0 Å². The maximum atomic E-state index is 12.5. The van der Waals surface area contributed by atoms with E-state index >= 15 is 0 Å². The fourth-order valence-corrected chi connectivity index (χ4v) is 7.78. The molecule has 0 atom stereocenters. The molecule has 25 heavy (non-hydrogen) atoms. The van der Waals surface area contributed by atoms with E-state index < -0.39 is 8.32 Å². The minimum atomic E-state index is -1.93. The molecule has 0 bridgehead atoms. The zero-order chi connectivity index (χ0) is 18.4. The van der Waals surface area contributed by atoms with Gasteiger partial charge in [0, 0.05) is 0 Å². The van der Waals surface area contributed by atoms with Crippen LogP contribution in [0.25, 0.3) is 6.08 Å². The maximum Gasteiger partial charge on any atom is 0.296 e. The smallest absolute Gasteiger partial charge is 0.296 e. The lowest BCUT2D eigenvalue weighted by Gasteiger charge is -2.31. The van der Waals surface area contributed by atoms with E-state index in [1.165, 1.54) is 38.5 Å². The van der Waals surface area contributed by atoms with E-state index in [2.05, 4.69) is 20.8 Å². The topological polar surface area (TPSA) is 26.3 Å². The van der Waals surface area contributed by atoms with Gasteiger partial charge in [0.15, 0.2) is 0 Å². The van der Waals surface area contributed by atoms with Crippen molar-refractivity contribution in [2.45, 2.75) is 83.8 Å². The van der Waals surface area contributed by atoms with Crippen LogP contribution in [0.3, 0.4) is 0 Å². The minimum absolute atomic E-state index is 0.0258. The summed E-state index contributed by atoms with van der Waals surface area (Å²) in [6.45, 7) is 6.68. The van der Waals surface area contributed by atoms with Gasteiger partial charge in [0.05, 0.1) is 6.42 Å². The predicted molar refractivity (Wildman–Crippen MR) is 111 cm³/mol. The number of carbonyl (C=O) groups excluding carboxylic acids is 1. The molecule has 140 valence electrons. The monoisotopic (exact) mass is 360 g/mol. The fourth-order valence-electron chi connectivity index (χ4n) is 3.16. The molecule has 2 nitrogen and oxygen atoms in total. The Hall–Kier alpha value is -1.35. The molecule has 0 aliphatic rings. The Morgan fingerprint density at radius 3 is 1.92 bits per heavy atom. The summed E-state index contributed by atoms with van der Waals surface area (Å²) in [5.74, 6) is -0.0258. The lowest BCUT2D eigenvalue weighted by Crippen LogP contribution is -2.40. The van der Waals surface area contributed by atoms with E-state index in [-0.39, 0.29) is 5.97 Å². The second-order valence-electron chi connectivity index (χ2n) is 6.98. The van der Waals surface area contributed by atoms with Crippen molar-refractivity contribution in [3.05, 3.63) is 42.0 Å². The SMILES string of the molecule is CCCC[Si](CCCC)(CCCC)OC(=O)C/C=C/c1ccccc1. The first-order chi connectivity index (χ1) is 12.2. The van der Waals surface area contributed by atoms with Crippen molar-refractivity contribution in [2.75, 3.05) is 0 Å². The van der Waals surface area contributed by atoms with Crippen molar-refractivity contribution in [1.29, 1.82) is 0 Å². The van der Waals surface area contributed by atoms with Crippen molar-refractivity contribution in [1.82, 2.24) is 0 Å². The Morgan fingerprint density at radius 2 is 1.44 bits per heavy atom. The quantitative estimate of drug-likeness (QED) is 0.355. The Kier molecular flexibility index (Phi) is 11.2. The van der Waals surface area contributed by atoms with E-state index in [0.29, 0.717) is 6.42 Å². The first kappa shape index (κ1) is 21.7. The van der Waals surface area contributed by atoms with Crippen LogP contribution in [0.15, 0.2) is 36.4 Å². The van der Waals surface area contributed by atoms with Gasteiger partial charge in [-0.25, -0.2) is 0 Å². The molecule has 0 amide bonds. The molecule has 0 aromatic heterocycles. The highest BCUT2D eigenvalue weighted by molar-refractivity contribution is 6.75. The maximum absolute atomic E-state index is 12.5. The summed E-state index contributed by atoms with van der Waals surface area (Å²) in [5, 5.41) is 0. The van der Waals surface area contributed by atoms with Gasteiger partial charge in [-0.15, -0.1) is 0 Å². The van der Waals surface area contributed by atoms with Crippen molar-refractivity contribution in [3.63, 3.8) is 0 Å². The number of rotatable bonds is 13. The van der Waals surface area contributed by atoms with Gasteiger partial charge in [-0.3, -0.25) is 4.79 Å². The molecule has 0 saturated heterocycles. The highest BCUT2D eigenvalue weighted by Crippen LogP contribution is 2.30. The van der Waals surface area contributed by atoms with Gasteiger partial charge in [-0.2, -0.15) is 0 Å². The van der Waals surface area contributed by atoms with Crippen LogP contribution in [-0.4, -0.2) is 14.3 Å². The highest BCUT2D eigenvalue weighted by Gasteiger charge is 2.36. The van der Waals surface area contributed by atoms with Gasteiger partial charge in [-0.05, 0) is 23.7 Å². The molecule has 0 heterocycles. The molecule has 0 spiro atoms. The third-order valence-electron chi connectivity index (χ3n) is 4.68. The third-order valence-corrected chi connectivity index (χ3v) is 9.14. The van der Waals surface area contributed by atoms with Crippen molar-refractivity contribution < 1.29 is 9.22 Å². The lowest BCUT2D eigenvalue weighted by atomic mass is 10.2. The van der Waals surface area contributed by atoms with Gasteiger partial charge >= 0.3 is 0 Å². The van der Waals surface area contributed by atoms with Crippen LogP contribution in [0.4, 0.5) is 0 Å². The summed E-state index contributed by atoms with van der Waals surface area (Å²) >= 11 is 0. The van der Waals surface area contributed by atoms with Gasteiger partial charge in [0.25, 0.3) is 14.3 Å². The molecule has 0 N–H and O–H groups in total. The van der Waals surface area contributed by atoms with Crippen LogP contribution in [-0.2, 0) is 9.22 Å². The molecule has 1 aromatic carbocycles. The molecule has 0 aliphatic heterocycles. The van der Waals surface area contributed by atoms with E-state index in [0.717, 1.165) is 23.7 Å². The van der Waals surface area contributed by atoms with Gasteiger partial charge in [0.1, 0.15) is 0 Å². The number of hydrogen-bond acceptors (Lipinski definition) is 2. The molecule has 0 saturated carbocycles. The van der Waals surface area contributed by atoms with Crippen LogP contribution >= 0.6 is 0 Å². The van der Waals surface area contributed by atoms with Gasteiger partial charge in [-0.1, -0.05) is 102 Å². The predicted octanol–water partition coefficient (Wildman–Crippen LogP) is 6.98. The van der Waals surface area contributed by atoms with Crippen LogP contribution in [0.5, 0.6) is 0 Å². The average Bonchev–Trinajstić information content (AvgIpc) is 2.63. The van der Waals surface area contributed by atoms with Crippen LogP contribution in [0.1, 0.15) is 71.3 Å². The average molecular weight is 361 g/mol. The fraction of sp³-hybridized carbons (Fsp3) is 0.591. The normalized spacial score (nSPS) is 11.8. The van der Waals surface area contributed by atoms with E-state index in [9.17, 15) is 4.79 Å². The summed E-state index contributed by atoms with van der Waals surface area (Å²) in [4.78, 5) is 12.5. The summed E-state index contributed by atoms with van der Waals surface area (Å²) in [6, 6.07) is 13.5. The number of benzene rings is 1. The second-order valence-corrected chi connectivity index (χ2v) is 11.1. The molecular weight excluding hydrogens is 324 g/mol. The summed E-state index contributed by atoms with van der Waals surface area (Å²) in [5.41, 5.74) is 1.13. The Balaban J connectivity index is 2.68. The first-order valence-corrected chi connectivity index (χ1v) is 12.6. The van der Waals surface area contributed by atoms with E-state index in [1.807, 2.05) is 42.5 Å². The van der Waals surface area contributed by atoms with Crippen molar-refractivity contribution in [2.24, 2.45) is 0 Å². The molecule has 0 aliphatic carbocycles. The summed E-state index contributed by atoms with van der Waals surface area (Å²) < 4.78 is 6.23. The minimum Gasteiger partial charge on any atom is -0.519 e. The molecule has 1 rings (SSSR count). The first-order valence-electron chi connectivity index (χ1n) is 10.1. The summed E-state index contributed by atoms with van der Waals surface area (Å²) in [7, 11) is -1.93. The molecule has 0 fully saturated rings. The van der Waals surface area contributed by atoms with Crippen LogP contribution in [0.2, 0.25) is 18.1 Å². The standard InChI is InChI=1S/C22H36O2Si/c1-4-7-18-25(19-8-5-2,20-9-6-3)24-22(23)17-13-16-21-14-11-10-12-15-21/h10-16H,4-9,17-20H2,1-3H3/b16-13+. The van der Waals surface area contributed by atoms with Crippen molar-refractivity contribution in [3.8, 4) is 0 Å². The zero-order valence-electron chi connectivity index (χ0n) is 16.4. The van der Waals surface area contributed by atoms with Crippen molar-refractivity contribution >= 4 is 20.4 Å². The Bertz CT molecular complexity index is 474. The number of unbranched alkanes of at least 4 members (excludes halogenated alkanes) is 3. The van der Waals surface area contributed by atoms with E-state index in [1.54, 1.807) is 0 Å². The number of hydrogen-bond donors (Lipinski definition) is 0. The molecule has 0 unspecified atom stereocenters. The summed E-state index contributed by atoms with van der Waals surface area (Å²) in [6.07, 6.45) is 11.4. The molecule has 0 radical (unpaired) electrons. The van der Waals surface area contributed by atoms with Crippen LogP contribution < -0.4 is 0 Å². The molecular formula is C22H36O2Si.